The van der Waals surface area contributed by atoms with E-state index in [1.54, 1.807) is 0 Å². The Hall–Kier alpha value is -1.09. The normalized spacial score (nSPS) is 11.1. The molecule has 1 heterocycles. The Bertz CT molecular complexity index is 493. The van der Waals surface area contributed by atoms with Gasteiger partial charge in [-0.3, -0.25) is 0 Å². The molecule has 0 aliphatic heterocycles. The van der Waals surface area contributed by atoms with Crippen molar-refractivity contribution in [3.8, 4) is 0 Å². The largest absolute Gasteiger partial charge is 1.00 e. The maximum Gasteiger partial charge on any atom is 0.187 e. The van der Waals surface area contributed by atoms with Gasteiger partial charge in [-0.05, 0) is 6.42 Å². The maximum absolute atomic E-state index is 8.60. The fourth-order valence-electron chi connectivity index (χ4n) is 3.90. The minimum atomic E-state index is 0. The molecule has 1 aromatic rings. The van der Waals surface area contributed by atoms with Crippen LogP contribution in [0.2, 0.25) is 0 Å². The van der Waals surface area contributed by atoms with E-state index in [1.165, 1.54) is 115 Å². The average molecular weight is 425 g/mol. The van der Waals surface area contributed by atoms with Crippen molar-refractivity contribution in [1.82, 2.24) is 0 Å². The lowest BCUT2D eigenvalue weighted by molar-refractivity contribution is -0.688. The molecule has 0 radical (unpaired) electrons. The van der Waals surface area contributed by atoms with Gasteiger partial charge in [0.1, 0.15) is 6.21 Å². The molecule has 0 aliphatic rings. The lowest BCUT2D eigenvalue weighted by Gasteiger charge is -2.04. The number of hydrogen-bond acceptors (Lipinski definition) is 2. The highest BCUT2D eigenvalue weighted by Gasteiger charge is 2.07. The summed E-state index contributed by atoms with van der Waals surface area (Å²) in [4.78, 5) is 0. The number of aryl methyl sites for hydroxylation is 1. The average Bonchev–Trinajstić information content (AvgIpc) is 2.72. The highest BCUT2D eigenvalue weighted by Crippen LogP contribution is 2.14. The first-order valence-electron chi connectivity index (χ1n) is 12.0. The molecule has 0 fully saturated rings. The van der Waals surface area contributed by atoms with Crippen molar-refractivity contribution < 1.29 is 22.2 Å². The fourth-order valence-corrected chi connectivity index (χ4v) is 3.90. The van der Waals surface area contributed by atoms with Gasteiger partial charge in [0.15, 0.2) is 18.4 Å². The van der Waals surface area contributed by atoms with Gasteiger partial charge in [0, 0.05) is 18.6 Å². The molecule has 0 spiro atoms. The van der Waals surface area contributed by atoms with E-state index in [4.69, 9.17) is 5.21 Å². The van der Waals surface area contributed by atoms with Crippen LogP contribution in [0.15, 0.2) is 29.6 Å². The Kier molecular flexibility index (Phi) is 20.8. The molecule has 0 unspecified atom stereocenters. The second kappa shape index (κ2) is 21.6. The number of hydrogen-bond donors (Lipinski definition) is 1. The summed E-state index contributed by atoms with van der Waals surface area (Å²) in [5.41, 5.74) is 1.33. The van der Waals surface area contributed by atoms with E-state index in [0.29, 0.717) is 6.54 Å². The molecule has 1 rings (SSSR count). The minimum Gasteiger partial charge on any atom is -1.00 e. The SMILES string of the molecule is CCCCCCCCCCCCCCCCCCc1cccc[n+]1CC=NO.[Cl-]. The molecular weight excluding hydrogens is 380 g/mol. The summed E-state index contributed by atoms with van der Waals surface area (Å²) in [7, 11) is 0. The topological polar surface area (TPSA) is 36.5 Å². The third-order valence-electron chi connectivity index (χ3n) is 5.68. The summed E-state index contributed by atoms with van der Waals surface area (Å²) >= 11 is 0. The van der Waals surface area contributed by atoms with E-state index in [-0.39, 0.29) is 12.4 Å². The summed E-state index contributed by atoms with van der Waals surface area (Å²) in [6.45, 7) is 2.93. The first-order valence-corrected chi connectivity index (χ1v) is 12.0. The zero-order valence-electron chi connectivity index (χ0n) is 18.8. The van der Waals surface area contributed by atoms with E-state index >= 15 is 0 Å². The summed E-state index contributed by atoms with van der Waals surface area (Å²) in [6, 6.07) is 6.30. The summed E-state index contributed by atoms with van der Waals surface area (Å²) in [5.74, 6) is 0. The molecule has 0 amide bonds. The summed E-state index contributed by atoms with van der Waals surface area (Å²) in [6.07, 6.45) is 27.2. The highest BCUT2D eigenvalue weighted by atomic mass is 35.5. The standard InChI is InChI=1S/C25H44N2O.ClH/c1-2-3-4-5-6-7-8-9-10-11-12-13-14-15-16-17-20-25-21-18-19-23-27(25)24-22-26-28;/h18-19,21-23H,2-17,20,24H2,1H3;1H. The molecule has 29 heavy (non-hydrogen) atoms. The molecule has 0 bridgehead atoms. The van der Waals surface area contributed by atoms with Gasteiger partial charge < -0.3 is 17.6 Å². The molecule has 168 valence electrons. The second-order valence-corrected chi connectivity index (χ2v) is 8.20. The quantitative estimate of drug-likeness (QED) is 0.116. The van der Waals surface area contributed by atoms with E-state index in [1.807, 2.05) is 6.07 Å². The molecule has 1 N–H and O–H groups in total. The fraction of sp³-hybridized carbons (Fsp3) is 0.760. The Morgan fingerprint density at radius 3 is 1.72 bits per heavy atom. The number of rotatable bonds is 19. The van der Waals surface area contributed by atoms with E-state index in [9.17, 15) is 0 Å². The van der Waals surface area contributed by atoms with Crippen LogP contribution in [0.4, 0.5) is 0 Å². The van der Waals surface area contributed by atoms with Gasteiger partial charge in [-0.2, -0.15) is 4.57 Å². The number of aromatic nitrogens is 1. The summed E-state index contributed by atoms with van der Waals surface area (Å²) < 4.78 is 2.16. The lowest BCUT2D eigenvalue weighted by atomic mass is 10.0. The van der Waals surface area contributed by atoms with Crippen molar-refractivity contribution in [3.05, 3.63) is 30.1 Å². The molecule has 4 heteroatoms. The molecule has 1 aromatic heterocycles. The van der Waals surface area contributed by atoms with Gasteiger partial charge in [0.2, 0.25) is 0 Å². The van der Waals surface area contributed by atoms with Crippen molar-refractivity contribution in [3.63, 3.8) is 0 Å². The lowest BCUT2D eigenvalue weighted by Crippen LogP contribution is -3.00. The van der Waals surface area contributed by atoms with Crippen molar-refractivity contribution >= 4 is 6.21 Å². The smallest absolute Gasteiger partial charge is 0.187 e. The third kappa shape index (κ3) is 16.4. The predicted molar refractivity (Wildman–Crippen MR) is 120 cm³/mol. The van der Waals surface area contributed by atoms with Crippen molar-refractivity contribution in [2.24, 2.45) is 5.16 Å². The monoisotopic (exact) mass is 424 g/mol. The molecular formula is C25H45ClN2O. The minimum absolute atomic E-state index is 0. The van der Waals surface area contributed by atoms with Gasteiger partial charge in [0.05, 0.1) is 0 Å². The number of nitrogens with zero attached hydrogens (tertiary/aromatic N) is 2. The zero-order chi connectivity index (χ0) is 20.1. The molecule has 0 aromatic carbocycles. The van der Waals surface area contributed by atoms with Crippen LogP contribution in [0.1, 0.15) is 115 Å². The molecule has 3 nitrogen and oxygen atoms in total. The van der Waals surface area contributed by atoms with Crippen molar-refractivity contribution in [2.45, 2.75) is 123 Å². The van der Waals surface area contributed by atoms with Gasteiger partial charge >= 0.3 is 0 Å². The number of pyridine rings is 1. The molecule has 0 atom stereocenters. The Labute approximate surface area is 186 Å². The maximum atomic E-state index is 8.60. The summed E-state index contributed by atoms with van der Waals surface area (Å²) in [5, 5.41) is 11.7. The van der Waals surface area contributed by atoms with Gasteiger partial charge in [-0.25, -0.2) is 0 Å². The van der Waals surface area contributed by atoms with Crippen LogP contribution in [-0.4, -0.2) is 11.4 Å². The van der Waals surface area contributed by atoms with Crippen molar-refractivity contribution in [2.75, 3.05) is 0 Å². The van der Waals surface area contributed by atoms with Gasteiger partial charge in [-0.15, -0.1) is 0 Å². The number of unbranched alkanes of at least 4 members (excludes halogenated alkanes) is 15. The molecule has 0 saturated carbocycles. The Morgan fingerprint density at radius 2 is 1.24 bits per heavy atom. The van der Waals surface area contributed by atoms with E-state index < -0.39 is 0 Å². The van der Waals surface area contributed by atoms with Gasteiger partial charge in [0.25, 0.3) is 0 Å². The highest BCUT2D eigenvalue weighted by molar-refractivity contribution is 5.53. The number of halogens is 1. The van der Waals surface area contributed by atoms with Crippen LogP contribution in [0.5, 0.6) is 0 Å². The van der Waals surface area contributed by atoms with Crippen LogP contribution in [-0.2, 0) is 13.0 Å². The zero-order valence-corrected chi connectivity index (χ0v) is 19.6. The number of oxime groups is 1. The van der Waals surface area contributed by atoms with E-state index in [2.05, 4.69) is 35.0 Å². The predicted octanol–water partition coefficient (Wildman–Crippen LogP) is 4.24. The van der Waals surface area contributed by atoms with Crippen LogP contribution in [0, 0.1) is 0 Å². The molecule has 0 saturated heterocycles. The molecule has 0 aliphatic carbocycles. The van der Waals surface area contributed by atoms with Gasteiger partial charge in [-0.1, -0.05) is 114 Å². The first-order chi connectivity index (χ1) is 13.9. The van der Waals surface area contributed by atoms with E-state index in [0.717, 1.165) is 6.42 Å². The van der Waals surface area contributed by atoms with Crippen molar-refractivity contribution in [1.29, 1.82) is 0 Å². The second-order valence-electron chi connectivity index (χ2n) is 8.20. The van der Waals surface area contributed by atoms with Crippen LogP contribution >= 0.6 is 0 Å². The van der Waals surface area contributed by atoms with Crippen LogP contribution in [0.25, 0.3) is 0 Å². The Balaban J connectivity index is 0.00000784. The first kappa shape index (κ1) is 27.9. The van der Waals surface area contributed by atoms with Crippen LogP contribution in [0.3, 0.4) is 0 Å². The Morgan fingerprint density at radius 1 is 0.759 bits per heavy atom. The van der Waals surface area contributed by atoms with Crippen LogP contribution < -0.4 is 17.0 Å². The third-order valence-corrected chi connectivity index (χ3v) is 5.68.